The number of benzene rings is 1. The number of carbonyl (C=O) groups is 2. The topological polar surface area (TPSA) is 98.2 Å². The van der Waals surface area contributed by atoms with E-state index in [4.69, 9.17) is 11.5 Å². The van der Waals surface area contributed by atoms with Crippen LogP contribution in [0.3, 0.4) is 0 Å². The van der Waals surface area contributed by atoms with Crippen LogP contribution in [-0.4, -0.2) is 17.9 Å². The Hall–Kier alpha value is -1.40. The van der Waals surface area contributed by atoms with Crippen LogP contribution in [0.4, 0.5) is 0 Å². The molecule has 1 unspecified atom stereocenters. The highest BCUT2D eigenvalue weighted by Gasteiger charge is 2.21. The number of nitrogens with one attached hydrogen (secondary N) is 1. The zero-order valence-electron chi connectivity index (χ0n) is 9.31. The van der Waals surface area contributed by atoms with Crippen molar-refractivity contribution in [3.8, 4) is 0 Å². The highest BCUT2D eigenvalue weighted by atomic mass is 79.9. The molecule has 92 valence electrons. The van der Waals surface area contributed by atoms with Gasteiger partial charge in [0, 0.05) is 4.47 Å². The maximum Gasteiger partial charge on any atom is 0.244 e. The van der Waals surface area contributed by atoms with E-state index in [-0.39, 0.29) is 0 Å². The summed E-state index contributed by atoms with van der Waals surface area (Å²) in [7, 11) is 0. The van der Waals surface area contributed by atoms with Gasteiger partial charge in [-0.2, -0.15) is 0 Å². The van der Waals surface area contributed by atoms with Crippen molar-refractivity contribution in [1.29, 1.82) is 0 Å². The molecule has 0 aliphatic heterocycles. The number of rotatable bonds is 4. The molecule has 0 saturated carbocycles. The number of primary amides is 1. The molecule has 17 heavy (non-hydrogen) atoms. The second-order valence-corrected chi connectivity index (χ2v) is 4.60. The highest BCUT2D eigenvalue weighted by Crippen LogP contribution is 2.18. The molecule has 2 amide bonds. The van der Waals surface area contributed by atoms with Gasteiger partial charge in [0.05, 0.1) is 6.04 Å². The van der Waals surface area contributed by atoms with Gasteiger partial charge in [-0.15, -0.1) is 0 Å². The van der Waals surface area contributed by atoms with Gasteiger partial charge < -0.3 is 16.8 Å². The van der Waals surface area contributed by atoms with Crippen LogP contribution in [0.15, 0.2) is 28.7 Å². The summed E-state index contributed by atoms with van der Waals surface area (Å²) < 4.78 is 0.802. The maximum atomic E-state index is 11.5. The summed E-state index contributed by atoms with van der Waals surface area (Å²) >= 11 is 3.29. The Morgan fingerprint density at radius 3 is 2.53 bits per heavy atom. The number of halogens is 1. The Bertz CT molecular complexity index is 434. The summed E-state index contributed by atoms with van der Waals surface area (Å²) in [5.41, 5.74) is 11.3. The van der Waals surface area contributed by atoms with Crippen LogP contribution in [0.5, 0.6) is 0 Å². The highest BCUT2D eigenvalue weighted by molar-refractivity contribution is 9.10. The normalized spacial score (nSPS) is 13.8. The van der Waals surface area contributed by atoms with Crippen molar-refractivity contribution in [2.24, 2.45) is 11.5 Å². The lowest BCUT2D eigenvalue weighted by Crippen LogP contribution is -2.44. The van der Waals surface area contributed by atoms with Gasteiger partial charge in [-0.3, -0.25) is 9.59 Å². The summed E-state index contributed by atoms with van der Waals surface area (Å²) in [5, 5.41) is 2.50. The quantitative estimate of drug-likeness (QED) is 0.752. The lowest BCUT2D eigenvalue weighted by Gasteiger charge is -2.17. The van der Waals surface area contributed by atoms with Crippen molar-refractivity contribution in [2.45, 2.75) is 19.0 Å². The van der Waals surface area contributed by atoms with Crippen molar-refractivity contribution in [1.82, 2.24) is 5.32 Å². The van der Waals surface area contributed by atoms with E-state index < -0.39 is 23.9 Å². The minimum atomic E-state index is -0.869. The Balaban J connectivity index is 2.94. The van der Waals surface area contributed by atoms with Crippen LogP contribution >= 0.6 is 15.9 Å². The van der Waals surface area contributed by atoms with Crippen molar-refractivity contribution < 1.29 is 9.59 Å². The predicted octanol–water partition coefficient (Wildman–Crippen LogP) is 0.439. The van der Waals surface area contributed by atoms with Crippen LogP contribution in [-0.2, 0) is 9.59 Å². The fraction of sp³-hybridized carbons (Fsp3) is 0.273. The molecule has 1 aromatic rings. The third-order valence-electron chi connectivity index (χ3n) is 2.17. The van der Waals surface area contributed by atoms with Crippen molar-refractivity contribution in [3.05, 3.63) is 34.3 Å². The molecule has 0 radical (unpaired) electrons. The van der Waals surface area contributed by atoms with Gasteiger partial charge in [0.1, 0.15) is 6.04 Å². The van der Waals surface area contributed by atoms with Crippen molar-refractivity contribution >= 4 is 27.7 Å². The zero-order chi connectivity index (χ0) is 13.0. The van der Waals surface area contributed by atoms with Crippen LogP contribution in [0, 0.1) is 0 Å². The first-order chi connectivity index (χ1) is 7.91. The predicted molar refractivity (Wildman–Crippen MR) is 67.9 cm³/mol. The van der Waals surface area contributed by atoms with Crippen molar-refractivity contribution in [3.63, 3.8) is 0 Å². The monoisotopic (exact) mass is 299 g/mol. The molecule has 0 saturated heterocycles. The van der Waals surface area contributed by atoms with Crippen molar-refractivity contribution in [2.75, 3.05) is 0 Å². The Kier molecular flexibility index (Phi) is 4.65. The van der Waals surface area contributed by atoms with E-state index in [1.807, 2.05) is 6.07 Å². The van der Waals surface area contributed by atoms with Gasteiger partial charge in [-0.25, -0.2) is 0 Å². The smallest absolute Gasteiger partial charge is 0.244 e. The SMILES string of the molecule is C[C@@H](N)C(=O)NC(C(N)=O)c1cccc(Br)c1. The number of hydrogen-bond acceptors (Lipinski definition) is 3. The molecule has 0 aliphatic carbocycles. The first kappa shape index (κ1) is 13.7. The molecule has 0 fully saturated rings. The Morgan fingerprint density at radius 1 is 1.41 bits per heavy atom. The lowest BCUT2D eigenvalue weighted by atomic mass is 10.1. The van der Waals surface area contributed by atoms with Gasteiger partial charge in [0.25, 0.3) is 0 Å². The van der Waals surface area contributed by atoms with E-state index in [9.17, 15) is 9.59 Å². The molecule has 1 aromatic carbocycles. The number of carbonyl (C=O) groups excluding carboxylic acids is 2. The number of hydrogen-bond donors (Lipinski definition) is 3. The van der Waals surface area contributed by atoms with Crippen LogP contribution in [0.25, 0.3) is 0 Å². The minimum absolute atomic E-state index is 0.422. The second kappa shape index (κ2) is 5.79. The van der Waals surface area contributed by atoms with E-state index in [1.165, 1.54) is 6.92 Å². The molecule has 0 bridgehead atoms. The largest absolute Gasteiger partial charge is 0.368 e. The van der Waals surface area contributed by atoms with E-state index in [0.717, 1.165) is 4.47 Å². The molecule has 2 atom stereocenters. The molecular weight excluding hydrogens is 286 g/mol. The van der Waals surface area contributed by atoms with Gasteiger partial charge >= 0.3 is 0 Å². The van der Waals surface area contributed by atoms with Gasteiger partial charge in [0.15, 0.2) is 0 Å². The molecular formula is C11H14BrN3O2. The summed E-state index contributed by atoms with van der Waals surface area (Å²) in [4.78, 5) is 22.8. The van der Waals surface area contributed by atoms with E-state index in [0.29, 0.717) is 5.56 Å². The fourth-order valence-electron chi connectivity index (χ4n) is 1.28. The van der Waals surface area contributed by atoms with Gasteiger partial charge in [-0.1, -0.05) is 28.1 Å². The molecule has 1 rings (SSSR count). The third kappa shape index (κ3) is 3.83. The molecule has 0 aromatic heterocycles. The number of amides is 2. The minimum Gasteiger partial charge on any atom is -0.368 e. The standard InChI is InChI=1S/C11H14BrN3O2/c1-6(13)11(17)15-9(10(14)16)7-3-2-4-8(12)5-7/h2-6,9H,13H2,1H3,(H2,14,16)(H,15,17)/t6-,9?/m1/s1. The van der Waals surface area contributed by atoms with Crippen LogP contribution < -0.4 is 16.8 Å². The van der Waals surface area contributed by atoms with E-state index in [1.54, 1.807) is 18.2 Å². The fourth-order valence-corrected chi connectivity index (χ4v) is 1.70. The molecule has 6 heteroatoms. The summed E-state index contributed by atoms with van der Waals surface area (Å²) in [6.45, 7) is 1.54. The molecule has 0 spiro atoms. The average molecular weight is 300 g/mol. The maximum absolute atomic E-state index is 11.5. The van der Waals surface area contributed by atoms with Crippen LogP contribution in [0.2, 0.25) is 0 Å². The third-order valence-corrected chi connectivity index (χ3v) is 2.66. The molecule has 5 N–H and O–H groups in total. The van der Waals surface area contributed by atoms with E-state index >= 15 is 0 Å². The molecule has 0 heterocycles. The molecule has 0 aliphatic rings. The zero-order valence-corrected chi connectivity index (χ0v) is 10.9. The number of nitrogens with two attached hydrogens (primary N) is 2. The average Bonchev–Trinajstić information content (AvgIpc) is 2.24. The Labute approximate surface area is 108 Å². The van der Waals surface area contributed by atoms with E-state index in [2.05, 4.69) is 21.2 Å². The first-order valence-electron chi connectivity index (χ1n) is 5.02. The summed E-state index contributed by atoms with van der Waals surface area (Å²) in [6.07, 6.45) is 0. The molecule has 5 nitrogen and oxygen atoms in total. The lowest BCUT2D eigenvalue weighted by molar-refractivity contribution is -0.128. The second-order valence-electron chi connectivity index (χ2n) is 3.69. The summed E-state index contributed by atoms with van der Waals surface area (Å²) in [5.74, 6) is -1.05. The summed E-state index contributed by atoms with van der Waals surface area (Å²) in [6, 6.07) is 5.44. The first-order valence-corrected chi connectivity index (χ1v) is 5.82. The van der Waals surface area contributed by atoms with Gasteiger partial charge in [-0.05, 0) is 24.6 Å². The van der Waals surface area contributed by atoms with Crippen LogP contribution in [0.1, 0.15) is 18.5 Å². The Morgan fingerprint density at radius 2 is 2.06 bits per heavy atom. The van der Waals surface area contributed by atoms with Gasteiger partial charge in [0.2, 0.25) is 11.8 Å².